The van der Waals surface area contributed by atoms with E-state index < -0.39 is 30.4 Å². The van der Waals surface area contributed by atoms with Crippen molar-refractivity contribution in [3.63, 3.8) is 0 Å². The van der Waals surface area contributed by atoms with Gasteiger partial charge in [-0.3, -0.25) is 0 Å². The molecule has 136 valence electrons. The van der Waals surface area contributed by atoms with Crippen LogP contribution in [-0.2, 0) is 25.6 Å². The lowest BCUT2D eigenvalue weighted by atomic mass is 10.1. The fourth-order valence-electron chi connectivity index (χ4n) is 2.43. The van der Waals surface area contributed by atoms with E-state index in [1.165, 1.54) is 6.08 Å². The van der Waals surface area contributed by atoms with Crippen molar-refractivity contribution in [3.8, 4) is 0 Å². The molecule has 0 aromatic heterocycles. The highest BCUT2D eigenvalue weighted by molar-refractivity contribution is 9.11. The van der Waals surface area contributed by atoms with E-state index in [-0.39, 0.29) is 0 Å². The van der Waals surface area contributed by atoms with Crippen molar-refractivity contribution in [2.24, 2.45) is 0 Å². The Morgan fingerprint density at radius 3 is 2.76 bits per heavy atom. The molecule has 6 heteroatoms. The zero-order valence-corrected chi connectivity index (χ0v) is 15.9. The van der Waals surface area contributed by atoms with Gasteiger partial charge in [-0.05, 0) is 31.6 Å². The Balaban J connectivity index is 2.11. The van der Waals surface area contributed by atoms with E-state index in [2.05, 4.69) is 15.9 Å². The van der Waals surface area contributed by atoms with Crippen molar-refractivity contribution < 1.29 is 24.1 Å². The summed E-state index contributed by atoms with van der Waals surface area (Å²) in [7, 11) is 0. The number of rotatable bonds is 7. The van der Waals surface area contributed by atoms with Crippen LogP contribution in [0, 0.1) is 0 Å². The summed E-state index contributed by atoms with van der Waals surface area (Å²) in [5, 5.41) is 9.87. The molecule has 5 nitrogen and oxygen atoms in total. The van der Waals surface area contributed by atoms with Crippen LogP contribution in [0.25, 0.3) is 0 Å². The number of benzene rings is 1. The minimum Gasteiger partial charge on any atom is -0.463 e. The normalized spacial score (nSPS) is 24.8. The standard InChI is InChI=1S/C19H23BrO5/c1-3-23-18(22)10-9-16-17(11-15(20)19(25-16)13(2)21)24-12-14-7-5-4-6-8-14/h4-11,13,16-17,19,21H,3,12H2,1-2H3/b10-9+/t13-,16+,17+,19+/m0/s1. The molecule has 0 bridgehead atoms. The molecule has 2 rings (SSSR count). The monoisotopic (exact) mass is 410 g/mol. The van der Waals surface area contributed by atoms with Gasteiger partial charge in [0.25, 0.3) is 0 Å². The van der Waals surface area contributed by atoms with Gasteiger partial charge < -0.3 is 19.3 Å². The van der Waals surface area contributed by atoms with E-state index in [0.29, 0.717) is 13.2 Å². The molecule has 0 radical (unpaired) electrons. The van der Waals surface area contributed by atoms with E-state index in [9.17, 15) is 9.90 Å². The molecule has 1 heterocycles. The zero-order valence-electron chi connectivity index (χ0n) is 14.3. The van der Waals surface area contributed by atoms with Crippen LogP contribution in [0.1, 0.15) is 19.4 Å². The van der Waals surface area contributed by atoms with Crippen LogP contribution >= 0.6 is 15.9 Å². The van der Waals surface area contributed by atoms with Crippen molar-refractivity contribution in [1.82, 2.24) is 0 Å². The van der Waals surface area contributed by atoms with E-state index in [4.69, 9.17) is 14.2 Å². The summed E-state index contributed by atoms with van der Waals surface area (Å²) < 4.78 is 17.5. The van der Waals surface area contributed by atoms with E-state index in [1.54, 1.807) is 19.9 Å². The average Bonchev–Trinajstić information content (AvgIpc) is 2.59. The van der Waals surface area contributed by atoms with Crippen LogP contribution in [0.15, 0.2) is 53.0 Å². The van der Waals surface area contributed by atoms with Crippen molar-refractivity contribution in [1.29, 1.82) is 0 Å². The summed E-state index contributed by atoms with van der Waals surface area (Å²) in [5.41, 5.74) is 1.04. The Morgan fingerprint density at radius 1 is 1.40 bits per heavy atom. The Morgan fingerprint density at radius 2 is 2.12 bits per heavy atom. The second kappa shape index (κ2) is 9.87. The van der Waals surface area contributed by atoms with Crippen molar-refractivity contribution in [3.05, 3.63) is 58.6 Å². The summed E-state index contributed by atoms with van der Waals surface area (Å²) in [4.78, 5) is 11.6. The number of aliphatic hydroxyl groups excluding tert-OH is 1. The van der Waals surface area contributed by atoms with E-state index in [1.807, 2.05) is 36.4 Å². The largest absolute Gasteiger partial charge is 0.463 e. The summed E-state index contributed by atoms with van der Waals surface area (Å²) in [6.45, 7) is 4.12. The van der Waals surface area contributed by atoms with Gasteiger partial charge in [-0.15, -0.1) is 0 Å². The Labute approximate surface area is 156 Å². The minimum atomic E-state index is -0.695. The number of hydrogen-bond acceptors (Lipinski definition) is 5. The molecule has 4 atom stereocenters. The second-order valence-electron chi connectivity index (χ2n) is 5.69. The van der Waals surface area contributed by atoms with Crippen LogP contribution in [0.3, 0.4) is 0 Å². The van der Waals surface area contributed by atoms with Gasteiger partial charge in [-0.2, -0.15) is 0 Å². The average molecular weight is 411 g/mol. The maximum atomic E-state index is 11.6. The molecule has 1 aromatic carbocycles. The van der Waals surface area contributed by atoms with Crippen molar-refractivity contribution >= 4 is 21.9 Å². The summed E-state index contributed by atoms with van der Waals surface area (Å²) >= 11 is 3.43. The van der Waals surface area contributed by atoms with Gasteiger partial charge in [0, 0.05) is 10.6 Å². The predicted molar refractivity (Wildman–Crippen MR) is 98.1 cm³/mol. The number of carbonyl (C=O) groups excluding carboxylic acids is 1. The third-order valence-electron chi connectivity index (χ3n) is 3.65. The first kappa shape index (κ1) is 19.8. The van der Waals surface area contributed by atoms with Crippen LogP contribution in [0.2, 0.25) is 0 Å². The fraction of sp³-hybridized carbons (Fsp3) is 0.421. The van der Waals surface area contributed by atoms with Crippen molar-refractivity contribution in [2.75, 3.05) is 6.61 Å². The number of ether oxygens (including phenoxy) is 3. The first-order valence-electron chi connectivity index (χ1n) is 8.22. The van der Waals surface area contributed by atoms with Gasteiger partial charge >= 0.3 is 5.97 Å². The number of carbonyl (C=O) groups is 1. The molecule has 0 saturated heterocycles. The molecule has 25 heavy (non-hydrogen) atoms. The van der Waals surface area contributed by atoms with Gasteiger partial charge in [0.1, 0.15) is 18.3 Å². The topological polar surface area (TPSA) is 65.0 Å². The number of aliphatic hydroxyl groups is 1. The first-order valence-corrected chi connectivity index (χ1v) is 9.01. The molecule has 0 saturated carbocycles. The Hall–Kier alpha value is -1.47. The molecule has 0 unspecified atom stereocenters. The van der Waals surface area contributed by atoms with Gasteiger partial charge in [-0.1, -0.05) is 46.3 Å². The lowest BCUT2D eigenvalue weighted by Crippen LogP contribution is -2.41. The fourth-order valence-corrected chi connectivity index (χ4v) is 3.18. The van der Waals surface area contributed by atoms with Crippen LogP contribution in [-0.4, -0.2) is 42.1 Å². The van der Waals surface area contributed by atoms with E-state index in [0.717, 1.165) is 10.0 Å². The highest BCUT2D eigenvalue weighted by Gasteiger charge is 2.32. The summed E-state index contributed by atoms with van der Waals surface area (Å²) in [5.74, 6) is -0.435. The third kappa shape index (κ3) is 6.08. The molecule has 1 aliphatic rings. The number of hydrogen-bond donors (Lipinski definition) is 1. The van der Waals surface area contributed by atoms with Crippen molar-refractivity contribution in [2.45, 2.75) is 44.9 Å². The molecule has 0 amide bonds. The first-order chi connectivity index (χ1) is 12.0. The highest BCUT2D eigenvalue weighted by atomic mass is 79.9. The maximum Gasteiger partial charge on any atom is 0.330 e. The van der Waals surface area contributed by atoms with Gasteiger partial charge in [-0.25, -0.2) is 4.79 Å². The third-order valence-corrected chi connectivity index (χ3v) is 4.37. The lowest BCUT2D eigenvalue weighted by molar-refractivity contribution is -0.137. The van der Waals surface area contributed by atoms with Crippen LogP contribution < -0.4 is 0 Å². The molecule has 0 spiro atoms. The lowest BCUT2D eigenvalue weighted by Gasteiger charge is -2.34. The molecular formula is C19H23BrO5. The Bertz CT molecular complexity index is 612. The maximum absolute atomic E-state index is 11.6. The van der Waals surface area contributed by atoms with E-state index >= 15 is 0 Å². The predicted octanol–water partition coefficient (Wildman–Crippen LogP) is 3.12. The number of halogens is 1. The van der Waals surface area contributed by atoms with Gasteiger partial charge in [0.15, 0.2) is 0 Å². The minimum absolute atomic E-state index is 0.310. The van der Waals surface area contributed by atoms with Crippen LogP contribution in [0.4, 0.5) is 0 Å². The zero-order chi connectivity index (χ0) is 18.2. The SMILES string of the molecule is CCOC(=O)/C=C/[C@H]1O[C@H]([C@H](C)O)C(Br)=C[C@H]1OCc1ccccc1. The molecule has 0 fully saturated rings. The molecule has 1 aromatic rings. The molecular weight excluding hydrogens is 388 g/mol. The second-order valence-corrected chi connectivity index (χ2v) is 6.60. The molecule has 1 N–H and O–H groups in total. The quantitative estimate of drug-likeness (QED) is 0.552. The Kier molecular flexibility index (Phi) is 7.84. The molecule has 1 aliphatic heterocycles. The smallest absolute Gasteiger partial charge is 0.330 e. The van der Waals surface area contributed by atoms with Gasteiger partial charge in [0.05, 0.1) is 19.3 Å². The highest BCUT2D eigenvalue weighted by Crippen LogP contribution is 2.29. The number of esters is 1. The van der Waals surface area contributed by atoms with Crippen LogP contribution in [0.5, 0.6) is 0 Å². The summed E-state index contributed by atoms with van der Waals surface area (Å²) in [6, 6.07) is 9.80. The van der Waals surface area contributed by atoms with Gasteiger partial charge in [0.2, 0.25) is 0 Å². The molecule has 0 aliphatic carbocycles. The summed E-state index contributed by atoms with van der Waals surface area (Å²) in [6.07, 6.45) is 2.71.